The van der Waals surface area contributed by atoms with E-state index in [1.54, 1.807) is 12.2 Å². The number of rotatable bonds is 3. The van der Waals surface area contributed by atoms with Crippen LogP contribution in [0.15, 0.2) is 60.7 Å². The lowest BCUT2D eigenvalue weighted by Gasteiger charge is -2.01. The molecule has 0 atom stereocenters. The first-order chi connectivity index (χ1) is 11.3. The van der Waals surface area contributed by atoms with Crippen molar-refractivity contribution in [3.8, 4) is 29.4 Å². The van der Waals surface area contributed by atoms with Crippen LogP contribution < -0.4 is 4.74 Å². The fraction of sp³-hybridized carbons (Fsp3) is 0.182. The van der Waals surface area contributed by atoms with E-state index in [0.29, 0.717) is 6.61 Å². The van der Waals surface area contributed by atoms with Gasteiger partial charge in [-0.15, -0.1) is 0 Å². The summed E-state index contributed by atoms with van der Waals surface area (Å²) < 4.78 is 5.39. The smallest absolute Gasteiger partial charge is 0.119 e. The highest BCUT2D eigenvalue weighted by molar-refractivity contribution is 5.42. The molecule has 23 heavy (non-hydrogen) atoms. The van der Waals surface area contributed by atoms with E-state index in [-0.39, 0.29) is 0 Å². The standard InChI is InChI=1S/C22H20O/c1-3-19-11-13-20(14-12-19)9-7-5-6-8-10-21-15-17-22(18-16-21)23-4-2/h5-6,11-18H,3-4H2,1-2H3. The summed E-state index contributed by atoms with van der Waals surface area (Å²) in [5.41, 5.74) is 3.31. The fourth-order valence-electron chi connectivity index (χ4n) is 1.96. The predicted octanol–water partition coefficient (Wildman–Crippen LogP) is 4.61. The van der Waals surface area contributed by atoms with Gasteiger partial charge in [-0.2, -0.15) is 0 Å². The molecule has 0 bridgehead atoms. The minimum absolute atomic E-state index is 0.674. The molecule has 0 aliphatic heterocycles. The lowest BCUT2D eigenvalue weighted by atomic mass is 10.1. The number of ether oxygens (including phenoxy) is 1. The molecule has 114 valence electrons. The molecule has 1 heteroatoms. The molecule has 2 aromatic rings. The summed E-state index contributed by atoms with van der Waals surface area (Å²) in [6.45, 7) is 4.79. The summed E-state index contributed by atoms with van der Waals surface area (Å²) in [5, 5.41) is 0. The van der Waals surface area contributed by atoms with Gasteiger partial charge in [-0.1, -0.05) is 42.7 Å². The molecule has 2 rings (SSSR count). The third-order valence-corrected chi connectivity index (χ3v) is 3.21. The van der Waals surface area contributed by atoms with E-state index in [9.17, 15) is 0 Å². The van der Waals surface area contributed by atoms with E-state index < -0.39 is 0 Å². The van der Waals surface area contributed by atoms with E-state index in [1.165, 1.54) is 5.56 Å². The number of benzene rings is 2. The zero-order chi connectivity index (χ0) is 16.3. The van der Waals surface area contributed by atoms with Crippen LogP contribution in [-0.4, -0.2) is 6.61 Å². The normalized spacial score (nSPS) is 9.65. The Kier molecular flexibility index (Phi) is 6.58. The molecule has 1 nitrogen and oxygen atoms in total. The maximum Gasteiger partial charge on any atom is 0.119 e. The molecular formula is C22H20O. The Labute approximate surface area is 139 Å². The Morgan fingerprint density at radius 1 is 0.783 bits per heavy atom. The van der Waals surface area contributed by atoms with Crippen LogP contribution >= 0.6 is 0 Å². The Morgan fingerprint density at radius 3 is 1.78 bits per heavy atom. The first-order valence-corrected chi connectivity index (χ1v) is 7.81. The van der Waals surface area contributed by atoms with Crippen LogP contribution in [0.5, 0.6) is 5.75 Å². The second kappa shape index (κ2) is 9.19. The second-order valence-corrected chi connectivity index (χ2v) is 4.88. The largest absolute Gasteiger partial charge is 0.494 e. The van der Waals surface area contributed by atoms with Crippen LogP contribution in [0.1, 0.15) is 30.5 Å². The van der Waals surface area contributed by atoms with Gasteiger partial charge < -0.3 is 4.74 Å². The van der Waals surface area contributed by atoms with E-state index in [4.69, 9.17) is 4.74 Å². The zero-order valence-corrected chi connectivity index (χ0v) is 13.6. The highest BCUT2D eigenvalue weighted by atomic mass is 16.5. The summed E-state index contributed by atoms with van der Waals surface area (Å²) in [7, 11) is 0. The Balaban J connectivity index is 1.91. The molecule has 2 aromatic carbocycles. The first kappa shape index (κ1) is 16.5. The van der Waals surface area contributed by atoms with E-state index in [1.807, 2.05) is 43.3 Å². The lowest BCUT2D eigenvalue weighted by Crippen LogP contribution is -1.90. The molecule has 0 radical (unpaired) electrons. The van der Waals surface area contributed by atoms with Crippen LogP contribution in [0, 0.1) is 23.7 Å². The molecule has 0 unspecified atom stereocenters. The Morgan fingerprint density at radius 2 is 1.30 bits per heavy atom. The maximum absolute atomic E-state index is 5.39. The zero-order valence-electron chi connectivity index (χ0n) is 13.6. The molecular weight excluding hydrogens is 280 g/mol. The van der Waals surface area contributed by atoms with Gasteiger partial charge in [0.1, 0.15) is 5.75 Å². The van der Waals surface area contributed by atoms with Gasteiger partial charge in [-0.3, -0.25) is 0 Å². The van der Waals surface area contributed by atoms with Gasteiger partial charge in [0.25, 0.3) is 0 Å². The molecule has 0 aromatic heterocycles. The Bertz CT molecular complexity index is 757. The van der Waals surface area contributed by atoms with Gasteiger partial charge in [0.2, 0.25) is 0 Å². The Hall–Kier alpha value is -2.90. The van der Waals surface area contributed by atoms with Gasteiger partial charge in [0, 0.05) is 11.1 Å². The summed E-state index contributed by atoms with van der Waals surface area (Å²) in [6, 6.07) is 16.1. The highest BCUT2D eigenvalue weighted by Crippen LogP contribution is 2.11. The molecule has 0 saturated heterocycles. The molecule has 0 saturated carbocycles. The van der Waals surface area contributed by atoms with Gasteiger partial charge in [-0.25, -0.2) is 0 Å². The highest BCUT2D eigenvalue weighted by Gasteiger charge is 1.90. The third-order valence-electron chi connectivity index (χ3n) is 3.21. The number of allylic oxidation sites excluding steroid dienone is 2. The summed E-state index contributed by atoms with van der Waals surface area (Å²) in [5.74, 6) is 13.0. The van der Waals surface area contributed by atoms with Crippen LogP contribution in [-0.2, 0) is 6.42 Å². The fourth-order valence-corrected chi connectivity index (χ4v) is 1.96. The molecule has 0 amide bonds. The minimum atomic E-state index is 0.674. The van der Waals surface area contributed by atoms with Crippen molar-refractivity contribution in [2.24, 2.45) is 0 Å². The van der Waals surface area contributed by atoms with Crippen LogP contribution in [0.2, 0.25) is 0 Å². The second-order valence-electron chi connectivity index (χ2n) is 4.88. The van der Waals surface area contributed by atoms with E-state index in [2.05, 4.69) is 42.7 Å². The van der Waals surface area contributed by atoms with Crippen molar-refractivity contribution in [1.82, 2.24) is 0 Å². The lowest BCUT2D eigenvalue weighted by molar-refractivity contribution is 0.340. The average Bonchev–Trinajstić information content (AvgIpc) is 2.60. The van der Waals surface area contributed by atoms with E-state index in [0.717, 1.165) is 23.3 Å². The average molecular weight is 300 g/mol. The SMILES string of the molecule is CCOc1ccc(C#CC=CC#Cc2ccc(CC)cc2)cc1. The summed E-state index contributed by atoms with van der Waals surface area (Å²) >= 11 is 0. The molecule has 0 fully saturated rings. The van der Waals surface area contributed by atoms with E-state index >= 15 is 0 Å². The quantitative estimate of drug-likeness (QED) is 0.752. The monoisotopic (exact) mass is 300 g/mol. The van der Waals surface area contributed by atoms with Crippen LogP contribution in [0.4, 0.5) is 0 Å². The van der Waals surface area contributed by atoms with Crippen molar-refractivity contribution in [2.45, 2.75) is 20.3 Å². The molecule has 0 spiro atoms. The molecule has 0 aliphatic rings. The maximum atomic E-state index is 5.39. The molecule has 0 aliphatic carbocycles. The minimum Gasteiger partial charge on any atom is -0.494 e. The van der Waals surface area contributed by atoms with Crippen molar-refractivity contribution in [1.29, 1.82) is 0 Å². The first-order valence-electron chi connectivity index (χ1n) is 7.81. The van der Waals surface area contributed by atoms with Gasteiger partial charge in [0.15, 0.2) is 0 Å². The van der Waals surface area contributed by atoms with Crippen molar-refractivity contribution < 1.29 is 4.74 Å². The van der Waals surface area contributed by atoms with Crippen LogP contribution in [0.3, 0.4) is 0 Å². The predicted molar refractivity (Wildman–Crippen MR) is 96.3 cm³/mol. The van der Waals surface area contributed by atoms with Crippen molar-refractivity contribution in [3.05, 3.63) is 77.4 Å². The summed E-state index contributed by atoms with van der Waals surface area (Å²) in [6.07, 6.45) is 4.59. The molecule has 0 heterocycles. The summed E-state index contributed by atoms with van der Waals surface area (Å²) in [4.78, 5) is 0. The van der Waals surface area contributed by atoms with Crippen molar-refractivity contribution in [2.75, 3.05) is 6.61 Å². The van der Waals surface area contributed by atoms with Gasteiger partial charge in [-0.05, 0) is 67.5 Å². The van der Waals surface area contributed by atoms with Crippen LogP contribution in [0.25, 0.3) is 0 Å². The molecule has 0 N–H and O–H groups in total. The third kappa shape index (κ3) is 5.77. The number of aryl methyl sites for hydroxylation is 1. The number of hydrogen-bond acceptors (Lipinski definition) is 1. The van der Waals surface area contributed by atoms with Crippen molar-refractivity contribution in [3.63, 3.8) is 0 Å². The van der Waals surface area contributed by atoms with Crippen molar-refractivity contribution >= 4 is 0 Å². The van der Waals surface area contributed by atoms with Gasteiger partial charge >= 0.3 is 0 Å². The number of hydrogen-bond donors (Lipinski definition) is 0. The van der Waals surface area contributed by atoms with Gasteiger partial charge in [0.05, 0.1) is 6.61 Å². The topological polar surface area (TPSA) is 9.23 Å².